The molecule has 2 N–H and O–H groups in total. The first-order valence-electron chi connectivity index (χ1n) is 6.37. The van der Waals surface area contributed by atoms with Crippen molar-refractivity contribution in [3.63, 3.8) is 0 Å². The number of rotatable bonds is 4. The molecule has 0 radical (unpaired) electrons. The SMILES string of the molecule is CCNc1ccc(C(=O)Nc2cc(C)cc(Br)c2)nc1. The lowest BCUT2D eigenvalue weighted by Gasteiger charge is -2.07. The number of nitrogens with one attached hydrogen (secondary N) is 2. The highest BCUT2D eigenvalue weighted by molar-refractivity contribution is 9.10. The lowest BCUT2D eigenvalue weighted by molar-refractivity contribution is 0.102. The van der Waals surface area contributed by atoms with E-state index < -0.39 is 0 Å². The number of aromatic nitrogens is 1. The van der Waals surface area contributed by atoms with Crippen LogP contribution in [0, 0.1) is 6.92 Å². The molecular formula is C15H16BrN3O. The summed E-state index contributed by atoms with van der Waals surface area (Å²) in [5.74, 6) is -0.217. The number of halogens is 1. The number of hydrogen-bond donors (Lipinski definition) is 2. The fraction of sp³-hybridized carbons (Fsp3) is 0.200. The van der Waals surface area contributed by atoms with Gasteiger partial charge in [0.1, 0.15) is 5.69 Å². The molecule has 1 aromatic carbocycles. The van der Waals surface area contributed by atoms with Gasteiger partial charge in [-0.1, -0.05) is 15.9 Å². The zero-order valence-electron chi connectivity index (χ0n) is 11.4. The molecule has 0 bridgehead atoms. The van der Waals surface area contributed by atoms with Gasteiger partial charge in [0.2, 0.25) is 0 Å². The summed E-state index contributed by atoms with van der Waals surface area (Å²) in [6, 6.07) is 9.31. The molecule has 0 unspecified atom stereocenters. The van der Waals surface area contributed by atoms with Gasteiger partial charge in [0.05, 0.1) is 11.9 Å². The topological polar surface area (TPSA) is 54.0 Å². The number of nitrogens with zero attached hydrogens (tertiary/aromatic N) is 1. The van der Waals surface area contributed by atoms with Crippen molar-refractivity contribution in [3.05, 3.63) is 52.3 Å². The Morgan fingerprint density at radius 1 is 1.25 bits per heavy atom. The van der Waals surface area contributed by atoms with Crippen molar-refractivity contribution in [1.29, 1.82) is 0 Å². The minimum absolute atomic E-state index is 0.217. The Kier molecular flexibility index (Phi) is 4.74. The smallest absolute Gasteiger partial charge is 0.274 e. The van der Waals surface area contributed by atoms with Gasteiger partial charge in [-0.15, -0.1) is 0 Å². The molecule has 20 heavy (non-hydrogen) atoms. The van der Waals surface area contributed by atoms with E-state index in [0.29, 0.717) is 5.69 Å². The van der Waals surface area contributed by atoms with E-state index in [1.165, 1.54) is 0 Å². The highest BCUT2D eigenvalue weighted by Crippen LogP contribution is 2.19. The van der Waals surface area contributed by atoms with E-state index in [1.54, 1.807) is 12.3 Å². The van der Waals surface area contributed by atoms with Gasteiger partial charge in [-0.2, -0.15) is 0 Å². The summed E-state index contributed by atoms with van der Waals surface area (Å²) in [5, 5.41) is 5.98. The third kappa shape index (κ3) is 3.81. The number of carbonyl (C=O) groups excluding carboxylic acids is 1. The first-order chi connectivity index (χ1) is 9.58. The van der Waals surface area contributed by atoms with E-state index in [9.17, 15) is 4.79 Å². The van der Waals surface area contributed by atoms with Gasteiger partial charge in [0.15, 0.2) is 0 Å². The highest BCUT2D eigenvalue weighted by atomic mass is 79.9. The van der Waals surface area contributed by atoms with Gasteiger partial charge in [-0.05, 0) is 49.7 Å². The molecule has 0 aliphatic rings. The van der Waals surface area contributed by atoms with Gasteiger partial charge < -0.3 is 10.6 Å². The molecule has 104 valence electrons. The summed E-state index contributed by atoms with van der Waals surface area (Å²) >= 11 is 3.41. The maximum atomic E-state index is 12.1. The van der Waals surface area contributed by atoms with Gasteiger partial charge in [0, 0.05) is 16.7 Å². The maximum Gasteiger partial charge on any atom is 0.274 e. The summed E-state index contributed by atoms with van der Waals surface area (Å²) < 4.78 is 0.934. The lowest BCUT2D eigenvalue weighted by Crippen LogP contribution is -2.13. The Labute approximate surface area is 126 Å². The third-order valence-corrected chi connectivity index (χ3v) is 3.13. The van der Waals surface area contributed by atoms with Crippen molar-refractivity contribution in [1.82, 2.24) is 4.98 Å². The normalized spacial score (nSPS) is 10.2. The second-order valence-electron chi connectivity index (χ2n) is 4.43. The van der Waals surface area contributed by atoms with E-state index in [0.717, 1.165) is 28.0 Å². The van der Waals surface area contributed by atoms with Crippen LogP contribution >= 0.6 is 15.9 Å². The van der Waals surface area contributed by atoms with Gasteiger partial charge in [-0.3, -0.25) is 4.79 Å². The molecule has 5 heteroatoms. The highest BCUT2D eigenvalue weighted by Gasteiger charge is 2.08. The Bertz CT molecular complexity index is 591. The van der Waals surface area contributed by atoms with Crippen LogP contribution in [-0.4, -0.2) is 17.4 Å². The molecule has 2 aromatic rings. The number of aryl methyl sites for hydroxylation is 1. The molecule has 2 rings (SSSR count). The van der Waals surface area contributed by atoms with Crippen molar-refractivity contribution < 1.29 is 4.79 Å². The largest absolute Gasteiger partial charge is 0.384 e. The van der Waals surface area contributed by atoms with Gasteiger partial charge >= 0.3 is 0 Å². The molecule has 1 amide bonds. The van der Waals surface area contributed by atoms with Crippen LogP contribution in [0.3, 0.4) is 0 Å². The average molecular weight is 334 g/mol. The van der Waals surface area contributed by atoms with Crippen LogP contribution in [0.15, 0.2) is 41.0 Å². The van der Waals surface area contributed by atoms with Crippen LogP contribution in [0.5, 0.6) is 0 Å². The molecule has 1 aromatic heterocycles. The molecule has 0 spiro atoms. The zero-order valence-corrected chi connectivity index (χ0v) is 13.0. The monoisotopic (exact) mass is 333 g/mol. The van der Waals surface area contributed by atoms with Crippen molar-refractivity contribution in [3.8, 4) is 0 Å². The van der Waals surface area contributed by atoms with Crippen molar-refractivity contribution >= 4 is 33.2 Å². The summed E-state index contributed by atoms with van der Waals surface area (Å²) in [7, 11) is 0. The summed E-state index contributed by atoms with van der Waals surface area (Å²) in [4.78, 5) is 16.2. The quantitative estimate of drug-likeness (QED) is 0.893. The van der Waals surface area contributed by atoms with Crippen LogP contribution in [-0.2, 0) is 0 Å². The number of anilines is 2. The zero-order chi connectivity index (χ0) is 14.5. The summed E-state index contributed by atoms with van der Waals surface area (Å²) in [5.41, 5.74) is 3.12. The first kappa shape index (κ1) is 14.5. The predicted molar refractivity (Wildman–Crippen MR) is 85.2 cm³/mol. The minimum atomic E-state index is -0.217. The van der Waals surface area contributed by atoms with E-state index >= 15 is 0 Å². The van der Waals surface area contributed by atoms with Crippen LogP contribution in [0.1, 0.15) is 23.0 Å². The number of carbonyl (C=O) groups is 1. The van der Waals surface area contributed by atoms with E-state index in [1.807, 2.05) is 38.1 Å². The molecule has 0 saturated carbocycles. The molecule has 0 atom stereocenters. The van der Waals surface area contributed by atoms with Crippen LogP contribution in [0.4, 0.5) is 11.4 Å². The van der Waals surface area contributed by atoms with Gasteiger partial charge in [-0.25, -0.2) is 4.98 Å². The van der Waals surface area contributed by atoms with Crippen molar-refractivity contribution in [2.45, 2.75) is 13.8 Å². The number of benzene rings is 1. The van der Waals surface area contributed by atoms with Crippen LogP contribution < -0.4 is 10.6 Å². The van der Waals surface area contributed by atoms with Crippen molar-refractivity contribution in [2.24, 2.45) is 0 Å². The molecule has 4 nitrogen and oxygen atoms in total. The Balaban J connectivity index is 2.11. The lowest BCUT2D eigenvalue weighted by atomic mass is 10.2. The third-order valence-electron chi connectivity index (χ3n) is 2.68. The Hall–Kier alpha value is -1.88. The minimum Gasteiger partial charge on any atom is -0.384 e. The second kappa shape index (κ2) is 6.52. The summed E-state index contributed by atoms with van der Waals surface area (Å²) in [6.07, 6.45) is 1.66. The first-order valence-corrected chi connectivity index (χ1v) is 7.16. The molecule has 0 saturated heterocycles. The fourth-order valence-corrected chi connectivity index (χ4v) is 2.45. The number of pyridine rings is 1. The molecular weight excluding hydrogens is 318 g/mol. The molecule has 0 aliphatic heterocycles. The number of hydrogen-bond acceptors (Lipinski definition) is 3. The Morgan fingerprint density at radius 3 is 2.65 bits per heavy atom. The van der Waals surface area contributed by atoms with E-state index in [2.05, 4.69) is 31.5 Å². The molecule has 0 fully saturated rings. The fourth-order valence-electron chi connectivity index (χ4n) is 1.84. The van der Waals surface area contributed by atoms with E-state index in [-0.39, 0.29) is 5.91 Å². The number of amides is 1. The maximum absolute atomic E-state index is 12.1. The average Bonchev–Trinajstić information content (AvgIpc) is 2.38. The molecule has 0 aliphatic carbocycles. The second-order valence-corrected chi connectivity index (χ2v) is 5.35. The van der Waals surface area contributed by atoms with Crippen LogP contribution in [0.25, 0.3) is 0 Å². The van der Waals surface area contributed by atoms with Crippen molar-refractivity contribution in [2.75, 3.05) is 17.2 Å². The standard InChI is InChI=1S/C15H16BrN3O/c1-3-17-12-4-5-14(18-9-12)15(20)19-13-7-10(2)6-11(16)8-13/h4-9,17H,3H2,1-2H3,(H,19,20). The molecule has 1 heterocycles. The van der Waals surface area contributed by atoms with Gasteiger partial charge in [0.25, 0.3) is 5.91 Å². The Morgan fingerprint density at radius 2 is 2.05 bits per heavy atom. The predicted octanol–water partition coefficient (Wildman–Crippen LogP) is 3.84. The summed E-state index contributed by atoms with van der Waals surface area (Å²) in [6.45, 7) is 4.81. The van der Waals surface area contributed by atoms with E-state index in [4.69, 9.17) is 0 Å². The van der Waals surface area contributed by atoms with Crippen LogP contribution in [0.2, 0.25) is 0 Å².